The largest absolute Gasteiger partial charge is 0.367 e. The molecular formula is C15H19NO2. The van der Waals surface area contributed by atoms with Crippen molar-refractivity contribution < 1.29 is 9.63 Å². The van der Waals surface area contributed by atoms with Crippen molar-refractivity contribution in [3.05, 3.63) is 48.0 Å². The summed E-state index contributed by atoms with van der Waals surface area (Å²) in [5, 5.41) is 1.46. The van der Waals surface area contributed by atoms with E-state index in [1.807, 2.05) is 30.3 Å². The fourth-order valence-corrected chi connectivity index (χ4v) is 2.41. The molecule has 1 aliphatic carbocycles. The lowest BCUT2D eigenvalue weighted by Gasteiger charge is -2.33. The van der Waals surface area contributed by atoms with Crippen LogP contribution in [0, 0.1) is 0 Å². The maximum atomic E-state index is 12.4. The van der Waals surface area contributed by atoms with Gasteiger partial charge >= 0.3 is 5.97 Å². The number of benzene rings is 1. The highest BCUT2D eigenvalue weighted by molar-refractivity contribution is 5.83. The van der Waals surface area contributed by atoms with Crippen molar-refractivity contribution in [1.29, 1.82) is 0 Å². The van der Waals surface area contributed by atoms with Crippen molar-refractivity contribution in [2.45, 2.75) is 24.7 Å². The fourth-order valence-electron chi connectivity index (χ4n) is 2.41. The Labute approximate surface area is 108 Å². The summed E-state index contributed by atoms with van der Waals surface area (Å²) in [5.74, 6) is -0.164. The predicted molar refractivity (Wildman–Crippen MR) is 70.9 cm³/mol. The van der Waals surface area contributed by atoms with Crippen molar-refractivity contribution in [3.63, 3.8) is 0 Å². The summed E-state index contributed by atoms with van der Waals surface area (Å²) in [6, 6.07) is 9.93. The highest BCUT2D eigenvalue weighted by Crippen LogP contribution is 2.37. The van der Waals surface area contributed by atoms with E-state index in [9.17, 15) is 4.79 Å². The SMILES string of the molecule is CN(C)OC(=O)C1(c2ccccc2)CC=CCC1. The average Bonchev–Trinajstić information content (AvgIpc) is 2.40. The lowest BCUT2D eigenvalue weighted by molar-refractivity contribution is -0.186. The number of rotatable bonds is 3. The first-order valence-corrected chi connectivity index (χ1v) is 6.25. The minimum absolute atomic E-state index is 0.164. The van der Waals surface area contributed by atoms with Crippen LogP contribution < -0.4 is 0 Å². The van der Waals surface area contributed by atoms with E-state index in [4.69, 9.17) is 4.84 Å². The topological polar surface area (TPSA) is 29.5 Å². The lowest BCUT2D eigenvalue weighted by Crippen LogP contribution is -2.40. The first-order chi connectivity index (χ1) is 8.65. The molecule has 0 amide bonds. The zero-order chi connectivity index (χ0) is 13.0. The van der Waals surface area contributed by atoms with Crippen molar-refractivity contribution >= 4 is 5.97 Å². The molecular weight excluding hydrogens is 226 g/mol. The first-order valence-electron chi connectivity index (χ1n) is 6.25. The van der Waals surface area contributed by atoms with E-state index in [1.165, 1.54) is 5.06 Å². The number of carbonyl (C=O) groups is 1. The van der Waals surface area contributed by atoms with Gasteiger partial charge < -0.3 is 4.84 Å². The summed E-state index contributed by atoms with van der Waals surface area (Å²) in [7, 11) is 3.46. The second kappa shape index (κ2) is 5.36. The van der Waals surface area contributed by atoms with Crippen LogP contribution in [0.1, 0.15) is 24.8 Å². The number of carbonyl (C=O) groups excluding carboxylic acids is 1. The highest BCUT2D eigenvalue weighted by Gasteiger charge is 2.41. The number of hydrogen-bond acceptors (Lipinski definition) is 3. The molecule has 0 aliphatic heterocycles. The third kappa shape index (κ3) is 2.46. The van der Waals surface area contributed by atoms with Crippen LogP contribution in [0.3, 0.4) is 0 Å². The van der Waals surface area contributed by atoms with Crippen molar-refractivity contribution in [2.24, 2.45) is 0 Å². The van der Waals surface area contributed by atoms with E-state index in [0.29, 0.717) is 6.42 Å². The minimum Gasteiger partial charge on any atom is -0.367 e. The molecule has 1 atom stereocenters. The summed E-state index contributed by atoms with van der Waals surface area (Å²) in [6.45, 7) is 0. The molecule has 1 aromatic carbocycles. The van der Waals surface area contributed by atoms with E-state index in [0.717, 1.165) is 18.4 Å². The van der Waals surface area contributed by atoms with Crippen molar-refractivity contribution in [2.75, 3.05) is 14.1 Å². The van der Waals surface area contributed by atoms with Crippen LogP contribution in [0.25, 0.3) is 0 Å². The van der Waals surface area contributed by atoms with Gasteiger partial charge in [-0.1, -0.05) is 42.5 Å². The Morgan fingerprint density at radius 1 is 1.22 bits per heavy atom. The smallest absolute Gasteiger partial charge is 0.335 e. The highest BCUT2D eigenvalue weighted by atomic mass is 16.7. The molecule has 0 spiro atoms. The van der Waals surface area contributed by atoms with Crippen LogP contribution >= 0.6 is 0 Å². The molecule has 0 aromatic heterocycles. The third-order valence-electron chi connectivity index (χ3n) is 3.35. The van der Waals surface area contributed by atoms with Crippen molar-refractivity contribution in [1.82, 2.24) is 5.06 Å². The molecule has 1 aliphatic rings. The van der Waals surface area contributed by atoms with Gasteiger partial charge in [-0.15, -0.1) is 5.06 Å². The molecule has 2 rings (SSSR count). The molecule has 0 heterocycles. The van der Waals surface area contributed by atoms with Gasteiger partial charge in [-0.3, -0.25) is 0 Å². The van der Waals surface area contributed by atoms with E-state index < -0.39 is 5.41 Å². The minimum atomic E-state index is -0.527. The lowest BCUT2D eigenvalue weighted by atomic mass is 9.72. The molecule has 0 N–H and O–H groups in total. The van der Waals surface area contributed by atoms with E-state index in [2.05, 4.69) is 12.2 Å². The standard InChI is InChI=1S/C15H19NO2/c1-16(2)18-14(17)15(11-7-4-8-12-15)13-9-5-3-6-10-13/h3-7,9-10H,8,11-12H2,1-2H3. The zero-order valence-electron chi connectivity index (χ0n) is 10.9. The molecule has 0 fully saturated rings. The number of allylic oxidation sites excluding steroid dienone is 2. The number of hydroxylamine groups is 2. The van der Waals surface area contributed by atoms with Gasteiger partial charge in [0, 0.05) is 14.1 Å². The fraction of sp³-hybridized carbons (Fsp3) is 0.400. The number of nitrogens with zero attached hydrogens (tertiary/aromatic N) is 1. The van der Waals surface area contributed by atoms with Gasteiger partial charge in [0.25, 0.3) is 0 Å². The molecule has 3 heteroatoms. The maximum Gasteiger partial charge on any atom is 0.335 e. The van der Waals surface area contributed by atoms with E-state index >= 15 is 0 Å². The summed E-state index contributed by atoms with van der Waals surface area (Å²) >= 11 is 0. The van der Waals surface area contributed by atoms with Crippen LogP contribution in [0.2, 0.25) is 0 Å². The predicted octanol–water partition coefficient (Wildman–Crippen LogP) is 2.68. The van der Waals surface area contributed by atoms with E-state index in [1.54, 1.807) is 14.1 Å². The van der Waals surface area contributed by atoms with Crippen molar-refractivity contribution in [3.8, 4) is 0 Å². The third-order valence-corrected chi connectivity index (χ3v) is 3.35. The Morgan fingerprint density at radius 3 is 2.50 bits per heavy atom. The molecule has 0 saturated carbocycles. The molecule has 0 saturated heterocycles. The Morgan fingerprint density at radius 2 is 1.94 bits per heavy atom. The summed E-state index contributed by atoms with van der Waals surface area (Å²) < 4.78 is 0. The Hall–Kier alpha value is -1.61. The average molecular weight is 245 g/mol. The summed E-state index contributed by atoms with van der Waals surface area (Å²) in [6.07, 6.45) is 6.64. The quantitative estimate of drug-likeness (QED) is 0.605. The summed E-state index contributed by atoms with van der Waals surface area (Å²) in [5.41, 5.74) is 0.515. The monoisotopic (exact) mass is 245 g/mol. The first kappa shape index (κ1) is 12.8. The van der Waals surface area contributed by atoms with Crippen LogP contribution in [-0.4, -0.2) is 25.1 Å². The zero-order valence-corrected chi connectivity index (χ0v) is 10.9. The van der Waals surface area contributed by atoms with Crippen LogP contribution in [0.15, 0.2) is 42.5 Å². The number of hydrogen-bond donors (Lipinski definition) is 0. The molecule has 0 radical (unpaired) electrons. The molecule has 0 bridgehead atoms. The Kier molecular flexibility index (Phi) is 3.82. The Bertz CT molecular complexity index is 439. The van der Waals surface area contributed by atoms with Gasteiger partial charge in [-0.25, -0.2) is 4.79 Å². The maximum absolute atomic E-state index is 12.4. The van der Waals surface area contributed by atoms with Gasteiger partial charge in [-0.2, -0.15) is 0 Å². The van der Waals surface area contributed by atoms with Crippen LogP contribution in [0.4, 0.5) is 0 Å². The summed E-state index contributed by atoms with van der Waals surface area (Å²) in [4.78, 5) is 17.7. The molecule has 1 aromatic rings. The van der Waals surface area contributed by atoms with Gasteiger partial charge in [0.1, 0.15) is 0 Å². The molecule has 96 valence electrons. The van der Waals surface area contributed by atoms with Crippen LogP contribution in [0.5, 0.6) is 0 Å². The van der Waals surface area contributed by atoms with Gasteiger partial charge in [0.2, 0.25) is 0 Å². The molecule has 1 unspecified atom stereocenters. The Balaban J connectivity index is 2.35. The molecule has 18 heavy (non-hydrogen) atoms. The van der Waals surface area contributed by atoms with Gasteiger partial charge in [0.05, 0.1) is 5.41 Å². The normalized spacial score (nSPS) is 23.1. The van der Waals surface area contributed by atoms with E-state index in [-0.39, 0.29) is 5.97 Å². The van der Waals surface area contributed by atoms with Crippen LogP contribution in [-0.2, 0) is 15.0 Å². The second-order valence-electron chi connectivity index (χ2n) is 4.85. The van der Waals surface area contributed by atoms with Gasteiger partial charge in [0.15, 0.2) is 0 Å². The second-order valence-corrected chi connectivity index (χ2v) is 4.85. The van der Waals surface area contributed by atoms with Gasteiger partial charge in [-0.05, 0) is 24.8 Å². The molecule has 3 nitrogen and oxygen atoms in total.